The van der Waals surface area contributed by atoms with Crippen molar-refractivity contribution in [3.05, 3.63) is 54.1 Å². The lowest BCUT2D eigenvalue weighted by Gasteiger charge is -2.26. The zero-order valence-corrected chi connectivity index (χ0v) is 13.4. The molecule has 3 nitrogen and oxygen atoms in total. The first-order valence-corrected chi connectivity index (χ1v) is 8.22. The number of hydrogen-bond acceptors (Lipinski definition) is 2. The number of aromatic carboxylic acids is 1. The molecule has 0 bridgehead atoms. The predicted octanol–water partition coefficient (Wildman–Crippen LogP) is 5.01. The van der Waals surface area contributed by atoms with E-state index in [1.54, 1.807) is 12.1 Å². The molecule has 0 radical (unpaired) electrons. The van der Waals surface area contributed by atoms with Crippen LogP contribution < -0.4 is 4.74 Å². The van der Waals surface area contributed by atoms with Gasteiger partial charge in [0.25, 0.3) is 0 Å². The lowest BCUT2D eigenvalue weighted by molar-refractivity contribution is 0.0697. The number of rotatable bonds is 4. The maximum atomic E-state index is 10.9. The monoisotopic (exact) mass is 310 g/mol. The topological polar surface area (TPSA) is 46.5 Å². The highest BCUT2D eigenvalue weighted by atomic mass is 16.5. The molecule has 1 aliphatic carbocycles. The van der Waals surface area contributed by atoms with E-state index in [9.17, 15) is 4.79 Å². The van der Waals surface area contributed by atoms with Gasteiger partial charge in [0.05, 0.1) is 11.7 Å². The molecule has 3 rings (SSSR count). The summed E-state index contributed by atoms with van der Waals surface area (Å²) in [6.07, 6.45) is 5.11. The Labute approximate surface area is 136 Å². The van der Waals surface area contributed by atoms with Crippen molar-refractivity contribution >= 4 is 5.97 Å². The molecule has 1 fully saturated rings. The third kappa shape index (κ3) is 3.92. The fourth-order valence-electron chi connectivity index (χ4n) is 3.07. The fourth-order valence-corrected chi connectivity index (χ4v) is 3.07. The van der Waals surface area contributed by atoms with Crippen LogP contribution in [-0.2, 0) is 0 Å². The average molecular weight is 310 g/mol. The second-order valence-corrected chi connectivity index (χ2v) is 6.41. The highest BCUT2D eigenvalue weighted by Crippen LogP contribution is 2.28. The van der Waals surface area contributed by atoms with Gasteiger partial charge in [-0.05, 0) is 67.0 Å². The van der Waals surface area contributed by atoms with Gasteiger partial charge in [-0.2, -0.15) is 0 Å². The van der Waals surface area contributed by atoms with Crippen LogP contribution in [0.3, 0.4) is 0 Å². The Kier molecular flexibility index (Phi) is 4.65. The van der Waals surface area contributed by atoms with Gasteiger partial charge in [-0.3, -0.25) is 0 Å². The van der Waals surface area contributed by atoms with Crippen molar-refractivity contribution in [3.63, 3.8) is 0 Å². The molecule has 0 spiro atoms. The van der Waals surface area contributed by atoms with Crippen molar-refractivity contribution in [2.75, 3.05) is 0 Å². The van der Waals surface area contributed by atoms with Crippen molar-refractivity contribution < 1.29 is 14.6 Å². The Morgan fingerprint density at radius 3 is 1.96 bits per heavy atom. The van der Waals surface area contributed by atoms with Crippen LogP contribution in [0.4, 0.5) is 0 Å². The van der Waals surface area contributed by atoms with Gasteiger partial charge in [-0.25, -0.2) is 4.79 Å². The Bertz CT molecular complexity index is 650. The SMILES string of the molecule is CC1CCC(Oc2ccc(-c3ccc(C(=O)O)cc3)cc2)CC1. The molecule has 1 aliphatic rings. The van der Waals surface area contributed by atoms with E-state index in [1.165, 1.54) is 12.8 Å². The van der Waals surface area contributed by atoms with Crippen molar-refractivity contribution in [1.82, 2.24) is 0 Å². The molecule has 0 aliphatic heterocycles. The minimum absolute atomic E-state index is 0.306. The smallest absolute Gasteiger partial charge is 0.335 e. The maximum absolute atomic E-state index is 10.9. The van der Waals surface area contributed by atoms with Crippen LogP contribution in [0.15, 0.2) is 48.5 Å². The number of benzene rings is 2. The van der Waals surface area contributed by atoms with Gasteiger partial charge in [-0.15, -0.1) is 0 Å². The molecule has 23 heavy (non-hydrogen) atoms. The molecule has 3 heteroatoms. The van der Waals surface area contributed by atoms with E-state index >= 15 is 0 Å². The van der Waals surface area contributed by atoms with Crippen LogP contribution in [0.5, 0.6) is 5.75 Å². The minimum atomic E-state index is -0.901. The summed E-state index contributed by atoms with van der Waals surface area (Å²) in [4.78, 5) is 10.9. The Morgan fingerprint density at radius 2 is 1.43 bits per heavy atom. The Morgan fingerprint density at radius 1 is 0.913 bits per heavy atom. The van der Waals surface area contributed by atoms with E-state index in [0.717, 1.165) is 35.6 Å². The third-order valence-electron chi connectivity index (χ3n) is 4.59. The van der Waals surface area contributed by atoms with Gasteiger partial charge < -0.3 is 9.84 Å². The second-order valence-electron chi connectivity index (χ2n) is 6.41. The normalized spacial score (nSPS) is 20.9. The van der Waals surface area contributed by atoms with Crippen LogP contribution in [0, 0.1) is 5.92 Å². The van der Waals surface area contributed by atoms with Crippen LogP contribution in [0.1, 0.15) is 43.0 Å². The fraction of sp³-hybridized carbons (Fsp3) is 0.350. The van der Waals surface area contributed by atoms with E-state index in [-0.39, 0.29) is 0 Å². The van der Waals surface area contributed by atoms with E-state index in [2.05, 4.69) is 6.92 Å². The van der Waals surface area contributed by atoms with Crippen molar-refractivity contribution in [2.24, 2.45) is 5.92 Å². The number of carboxylic acid groups (broad SMARTS) is 1. The van der Waals surface area contributed by atoms with Crippen LogP contribution in [-0.4, -0.2) is 17.2 Å². The minimum Gasteiger partial charge on any atom is -0.490 e. The second kappa shape index (κ2) is 6.86. The van der Waals surface area contributed by atoms with Gasteiger partial charge in [0.15, 0.2) is 0 Å². The molecular formula is C20H22O3. The van der Waals surface area contributed by atoms with E-state index in [1.807, 2.05) is 36.4 Å². The molecule has 0 atom stereocenters. The molecular weight excluding hydrogens is 288 g/mol. The predicted molar refractivity (Wildman–Crippen MR) is 90.9 cm³/mol. The van der Waals surface area contributed by atoms with Gasteiger partial charge in [-0.1, -0.05) is 31.2 Å². The molecule has 0 saturated heterocycles. The molecule has 120 valence electrons. The molecule has 2 aromatic rings. The van der Waals surface area contributed by atoms with Crippen molar-refractivity contribution in [1.29, 1.82) is 0 Å². The Hall–Kier alpha value is -2.29. The molecule has 1 N–H and O–H groups in total. The summed E-state index contributed by atoms with van der Waals surface area (Å²) < 4.78 is 6.07. The quantitative estimate of drug-likeness (QED) is 0.863. The average Bonchev–Trinajstić information content (AvgIpc) is 2.58. The standard InChI is InChI=1S/C20H22O3/c1-14-2-10-18(11-3-14)23-19-12-8-16(9-13-19)15-4-6-17(7-5-15)20(21)22/h4-9,12-14,18H,2-3,10-11H2,1H3,(H,21,22). The Balaban J connectivity index is 1.65. The van der Waals surface area contributed by atoms with Crippen LogP contribution >= 0.6 is 0 Å². The van der Waals surface area contributed by atoms with E-state index < -0.39 is 5.97 Å². The molecule has 0 amide bonds. The summed E-state index contributed by atoms with van der Waals surface area (Å²) in [5.41, 5.74) is 2.37. The summed E-state index contributed by atoms with van der Waals surface area (Å²) in [5, 5.41) is 8.94. The zero-order chi connectivity index (χ0) is 16.2. The number of carboxylic acids is 1. The molecule has 2 aromatic carbocycles. The van der Waals surface area contributed by atoms with Gasteiger partial charge >= 0.3 is 5.97 Å². The summed E-state index contributed by atoms with van der Waals surface area (Å²) in [7, 11) is 0. The molecule has 1 saturated carbocycles. The molecule has 0 aromatic heterocycles. The zero-order valence-electron chi connectivity index (χ0n) is 13.4. The lowest BCUT2D eigenvalue weighted by atomic mass is 9.89. The maximum Gasteiger partial charge on any atom is 0.335 e. The number of hydrogen-bond donors (Lipinski definition) is 1. The summed E-state index contributed by atoms with van der Waals surface area (Å²) in [6.45, 7) is 2.31. The van der Waals surface area contributed by atoms with Crippen LogP contribution in [0.2, 0.25) is 0 Å². The third-order valence-corrected chi connectivity index (χ3v) is 4.59. The van der Waals surface area contributed by atoms with E-state index in [4.69, 9.17) is 9.84 Å². The van der Waals surface area contributed by atoms with Gasteiger partial charge in [0.2, 0.25) is 0 Å². The summed E-state index contributed by atoms with van der Waals surface area (Å²) in [5.74, 6) is 0.837. The first kappa shape index (κ1) is 15.6. The summed E-state index contributed by atoms with van der Waals surface area (Å²) in [6, 6.07) is 15.0. The largest absolute Gasteiger partial charge is 0.490 e. The first-order valence-electron chi connectivity index (χ1n) is 8.22. The lowest BCUT2D eigenvalue weighted by Crippen LogP contribution is -2.22. The van der Waals surface area contributed by atoms with Crippen molar-refractivity contribution in [3.8, 4) is 16.9 Å². The number of ether oxygens (including phenoxy) is 1. The van der Waals surface area contributed by atoms with Crippen molar-refractivity contribution in [2.45, 2.75) is 38.7 Å². The highest BCUT2D eigenvalue weighted by molar-refractivity contribution is 5.88. The van der Waals surface area contributed by atoms with Gasteiger partial charge in [0, 0.05) is 0 Å². The highest BCUT2D eigenvalue weighted by Gasteiger charge is 2.19. The first-order chi connectivity index (χ1) is 11.1. The summed E-state index contributed by atoms with van der Waals surface area (Å²) >= 11 is 0. The number of carbonyl (C=O) groups is 1. The molecule has 0 unspecified atom stereocenters. The van der Waals surface area contributed by atoms with Crippen LogP contribution in [0.25, 0.3) is 11.1 Å². The van der Waals surface area contributed by atoms with Gasteiger partial charge in [0.1, 0.15) is 5.75 Å². The molecule has 0 heterocycles. The van der Waals surface area contributed by atoms with E-state index in [0.29, 0.717) is 11.7 Å².